The van der Waals surface area contributed by atoms with Crippen LogP contribution in [0.15, 0.2) is 0 Å². The molecular formula is C5H6Cl3NO3S. The van der Waals surface area contributed by atoms with Crippen LogP contribution in [0, 0.1) is 0 Å². The van der Waals surface area contributed by atoms with Crippen molar-refractivity contribution in [3.8, 4) is 0 Å². The number of amides is 1. The van der Waals surface area contributed by atoms with Gasteiger partial charge < -0.3 is 0 Å². The Hall–Kier alpha value is 0.290. The maximum Gasteiger partial charge on any atom is 0.273 e. The minimum atomic E-state index is -4.08. The minimum absolute atomic E-state index is 0.458. The molecule has 1 atom stereocenters. The molecule has 1 saturated heterocycles. The summed E-state index contributed by atoms with van der Waals surface area (Å²) in [7, 11) is -3.02. The molecule has 1 heterocycles. The van der Waals surface area contributed by atoms with Crippen LogP contribution >= 0.6 is 34.8 Å². The minimum Gasteiger partial charge on any atom is -0.272 e. The van der Waals surface area contributed by atoms with Crippen molar-refractivity contribution in [3.05, 3.63) is 0 Å². The van der Waals surface area contributed by atoms with E-state index in [0.717, 1.165) is 14.0 Å². The lowest BCUT2D eigenvalue weighted by Gasteiger charge is -2.20. The predicted octanol–water partition coefficient (Wildman–Crippen LogP) is 0.917. The van der Waals surface area contributed by atoms with Gasteiger partial charge in [-0.2, -0.15) is 0 Å². The number of nitrogens with zero attached hydrogens (tertiary/aromatic N) is 1. The number of alkyl halides is 3. The summed E-state index contributed by atoms with van der Waals surface area (Å²) in [6.45, 7) is 1.16. The molecule has 0 aromatic carbocycles. The fourth-order valence-electron chi connectivity index (χ4n) is 0.944. The van der Waals surface area contributed by atoms with Gasteiger partial charge in [-0.3, -0.25) is 4.79 Å². The van der Waals surface area contributed by atoms with Gasteiger partial charge in [-0.05, 0) is 6.92 Å². The van der Waals surface area contributed by atoms with Gasteiger partial charge in [0, 0.05) is 7.05 Å². The first-order chi connectivity index (χ1) is 5.57. The number of carbonyl (C=O) groups is 1. The number of carbonyl (C=O) groups excluding carboxylic acids is 1. The largest absolute Gasteiger partial charge is 0.273 e. The number of hydrogen-bond donors (Lipinski definition) is 0. The molecule has 76 valence electrons. The number of halogens is 3. The molecule has 0 aromatic heterocycles. The Bertz CT molecular complexity index is 361. The van der Waals surface area contributed by atoms with E-state index in [1.54, 1.807) is 0 Å². The van der Waals surface area contributed by atoms with E-state index in [1.165, 1.54) is 0 Å². The average molecular weight is 267 g/mol. The van der Waals surface area contributed by atoms with Crippen LogP contribution in [0.5, 0.6) is 0 Å². The van der Waals surface area contributed by atoms with E-state index >= 15 is 0 Å². The highest BCUT2D eigenvalue weighted by molar-refractivity contribution is 7.94. The van der Waals surface area contributed by atoms with Crippen LogP contribution in [0.1, 0.15) is 6.92 Å². The van der Waals surface area contributed by atoms with Crippen LogP contribution in [0.2, 0.25) is 0 Å². The SMILES string of the molecule is CN1C(=O)C(C)(Cl)C(Cl)(Cl)S1(=O)=O. The lowest BCUT2D eigenvalue weighted by molar-refractivity contribution is -0.126. The van der Waals surface area contributed by atoms with Crippen LogP contribution in [0.25, 0.3) is 0 Å². The van der Waals surface area contributed by atoms with Gasteiger partial charge in [-0.1, -0.05) is 23.2 Å². The molecule has 1 rings (SSSR count). The second kappa shape index (κ2) is 2.66. The van der Waals surface area contributed by atoms with Crippen LogP contribution in [0.4, 0.5) is 0 Å². The second-order valence-electron chi connectivity index (χ2n) is 2.80. The molecule has 0 aliphatic carbocycles. The highest BCUT2D eigenvalue weighted by atomic mass is 35.5. The number of sulfonamides is 1. The van der Waals surface area contributed by atoms with Crippen LogP contribution < -0.4 is 0 Å². The Balaban J connectivity index is 3.49. The molecule has 1 aliphatic rings. The van der Waals surface area contributed by atoms with Gasteiger partial charge in [0.2, 0.25) is 0 Å². The Morgan fingerprint density at radius 3 is 1.77 bits per heavy atom. The Morgan fingerprint density at radius 2 is 1.69 bits per heavy atom. The van der Waals surface area contributed by atoms with Gasteiger partial charge in [0.1, 0.15) is 0 Å². The van der Waals surface area contributed by atoms with Crippen molar-refractivity contribution in [2.24, 2.45) is 0 Å². The molecule has 13 heavy (non-hydrogen) atoms. The lowest BCUT2D eigenvalue weighted by atomic mass is 10.2. The Kier molecular flexibility index (Phi) is 2.32. The second-order valence-corrected chi connectivity index (χ2v) is 7.44. The van der Waals surface area contributed by atoms with Gasteiger partial charge in [0.05, 0.1) is 0 Å². The van der Waals surface area contributed by atoms with Crippen molar-refractivity contribution in [1.82, 2.24) is 4.31 Å². The molecule has 1 amide bonds. The molecule has 1 aliphatic heterocycles. The van der Waals surface area contributed by atoms with Gasteiger partial charge in [0.25, 0.3) is 19.6 Å². The van der Waals surface area contributed by atoms with E-state index in [2.05, 4.69) is 0 Å². The third-order valence-electron chi connectivity index (χ3n) is 1.92. The van der Waals surface area contributed by atoms with Gasteiger partial charge in [-0.15, -0.1) is 11.6 Å². The smallest absolute Gasteiger partial charge is 0.272 e. The fourth-order valence-corrected chi connectivity index (χ4v) is 3.51. The highest BCUT2D eigenvalue weighted by Crippen LogP contribution is 2.50. The molecule has 0 bridgehead atoms. The molecule has 1 unspecified atom stereocenters. The highest BCUT2D eigenvalue weighted by Gasteiger charge is 2.69. The summed E-state index contributed by atoms with van der Waals surface area (Å²) < 4.78 is 20.9. The summed E-state index contributed by atoms with van der Waals surface area (Å²) in [6.07, 6.45) is 0. The van der Waals surface area contributed by atoms with E-state index in [0.29, 0.717) is 4.31 Å². The molecule has 8 heteroatoms. The first kappa shape index (κ1) is 11.4. The molecule has 4 nitrogen and oxygen atoms in total. The molecule has 1 fully saturated rings. The first-order valence-corrected chi connectivity index (χ1v) is 5.74. The topological polar surface area (TPSA) is 54.5 Å². The molecule has 0 spiro atoms. The summed E-state index contributed by atoms with van der Waals surface area (Å²) >= 11 is 16.7. The maximum atomic E-state index is 11.4. The van der Waals surface area contributed by atoms with Crippen molar-refractivity contribution in [2.75, 3.05) is 7.05 Å². The van der Waals surface area contributed by atoms with Crippen molar-refractivity contribution in [3.63, 3.8) is 0 Å². The summed E-state index contributed by atoms with van der Waals surface area (Å²) in [4.78, 5) is 9.46. The normalized spacial score (nSPS) is 36.7. The zero-order valence-electron chi connectivity index (χ0n) is 6.71. The molecular weight excluding hydrogens is 260 g/mol. The van der Waals surface area contributed by atoms with E-state index in [9.17, 15) is 13.2 Å². The number of rotatable bonds is 0. The number of hydrogen-bond acceptors (Lipinski definition) is 3. The third-order valence-corrected chi connectivity index (χ3v) is 6.54. The molecule has 0 aromatic rings. The monoisotopic (exact) mass is 265 g/mol. The maximum absolute atomic E-state index is 11.4. The molecule has 0 radical (unpaired) electrons. The fraction of sp³-hybridized carbons (Fsp3) is 0.800. The summed E-state index contributed by atoms with van der Waals surface area (Å²) in [5, 5.41) is 0. The van der Waals surface area contributed by atoms with Gasteiger partial charge >= 0.3 is 0 Å². The lowest BCUT2D eigenvalue weighted by Crippen LogP contribution is -2.41. The van der Waals surface area contributed by atoms with Crippen LogP contribution in [-0.4, -0.2) is 34.2 Å². The summed E-state index contributed by atoms with van der Waals surface area (Å²) in [6, 6.07) is 0. The van der Waals surface area contributed by atoms with Crippen molar-refractivity contribution in [2.45, 2.75) is 15.5 Å². The van der Waals surface area contributed by atoms with Crippen LogP contribution in [0.3, 0.4) is 0 Å². The van der Waals surface area contributed by atoms with Crippen molar-refractivity contribution < 1.29 is 13.2 Å². The standard InChI is InChI=1S/C5H6Cl3NO3S/c1-4(6)3(10)9(2)13(11,12)5(4,7)8/h1-2H3. The van der Waals surface area contributed by atoms with Crippen molar-refractivity contribution in [1.29, 1.82) is 0 Å². The Labute approximate surface area is 90.8 Å². The quantitative estimate of drug-likeness (QED) is 0.613. The van der Waals surface area contributed by atoms with E-state index in [1.807, 2.05) is 0 Å². The van der Waals surface area contributed by atoms with Crippen molar-refractivity contribution >= 4 is 50.7 Å². The third kappa shape index (κ3) is 1.11. The molecule has 0 saturated carbocycles. The van der Waals surface area contributed by atoms with Gasteiger partial charge in [0.15, 0.2) is 4.87 Å². The van der Waals surface area contributed by atoms with E-state index in [-0.39, 0.29) is 0 Å². The predicted molar refractivity (Wildman–Crippen MR) is 50.4 cm³/mol. The zero-order valence-corrected chi connectivity index (χ0v) is 9.80. The van der Waals surface area contributed by atoms with Gasteiger partial charge in [-0.25, -0.2) is 12.7 Å². The van der Waals surface area contributed by atoms with Crippen LogP contribution in [-0.2, 0) is 14.8 Å². The van der Waals surface area contributed by atoms with E-state index < -0.39 is 24.5 Å². The average Bonchev–Trinajstić information content (AvgIpc) is 2.05. The van der Waals surface area contributed by atoms with E-state index in [4.69, 9.17) is 34.8 Å². The molecule has 0 N–H and O–H groups in total. The summed E-state index contributed by atoms with van der Waals surface area (Å²) in [5.74, 6) is -0.834. The zero-order chi connectivity index (χ0) is 10.7. The summed E-state index contributed by atoms with van der Waals surface area (Å²) in [5.41, 5.74) is 0. The Morgan fingerprint density at radius 1 is 1.31 bits per heavy atom. The first-order valence-electron chi connectivity index (χ1n) is 3.16.